The fourth-order valence-electron chi connectivity index (χ4n) is 3.05. The largest absolute Gasteiger partial charge is 0.484 e. The SMILES string of the molecule is O=C(COc1ccc2occ(-c3ccco3)c2c1)N[C@@H]1CCS(=O)(=O)C1. The molecule has 0 unspecified atom stereocenters. The first-order valence-corrected chi connectivity index (χ1v) is 10.00. The Hall–Kier alpha value is -2.74. The van der Waals surface area contributed by atoms with Crippen molar-refractivity contribution in [2.75, 3.05) is 18.1 Å². The van der Waals surface area contributed by atoms with Gasteiger partial charge in [0.2, 0.25) is 0 Å². The topological polar surface area (TPSA) is 98.8 Å². The molecule has 1 amide bonds. The molecule has 26 heavy (non-hydrogen) atoms. The zero-order valence-corrected chi connectivity index (χ0v) is 14.6. The third kappa shape index (κ3) is 3.45. The Bertz CT molecular complexity index is 1040. The van der Waals surface area contributed by atoms with Gasteiger partial charge in [-0.05, 0) is 36.8 Å². The van der Waals surface area contributed by atoms with E-state index in [2.05, 4.69) is 5.32 Å². The van der Waals surface area contributed by atoms with Crippen LogP contribution in [-0.2, 0) is 14.6 Å². The van der Waals surface area contributed by atoms with Crippen LogP contribution < -0.4 is 10.1 Å². The van der Waals surface area contributed by atoms with Crippen molar-refractivity contribution in [1.82, 2.24) is 5.32 Å². The van der Waals surface area contributed by atoms with Gasteiger partial charge in [0.05, 0.1) is 23.3 Å². The zero-order chi connectivity index (χ0) is 18.1. The fourth-order valence-corrected chi connectivity index (χ4v) is 4.72. The number of sulfone groups is 1. The molecule has 3 heterocycles. The minimum atomic E-state index is -3.03. The van der Waals surface area contributed by atoms with E-state index in [1.165, 1.54) is 0 Å². The molecule has 0 bridgehead atoms. The average molecular weight is 375 g/mol. The van der Waals surface area contributed by atoms with E-state index < -0.39 is 9.84 Å². The molecule has 7 nitrogen and oxygen atoms in total. The first kappa shape index (κ1) is 16.7. The predicted octanol–water partition coefficient (Wildman–Crippen LogP) is 2.37. The van der Waals surface area contributed by atoms with Gasteiger partial charge in [0, 0.05) is 11.4 Å². The van der Waals surface area contributed by atoms with Crippen LogP contribution in [-0.4, -0.2) is 38.5 Å². The number of hydrogen-bond donors (Lipinski definition) is 1. The van der Waals surface area contributed by atoms with E-state index >= 15 is 0 Å². The third-order valence-electron chi connectivity index (χ3n) is 4.30. The lowest BCUT2D eigenvalue weighted by atomic mass is 10.1. The van der Waals surface area contributed by atoms with Gasteiger partial charge < -0.3 is 18.9 Å². The van der Waals surface area contributed by atoms with Gasteiger partial charge >= 0.3 is 0 Å². The molecule has 1 fully saturated rings. The first-order chi connectivity index (χ1) is 12.5. The summed E-state index contributed by atoms with van der Waals surface area (Å²) in [7, 11) is -3.03. The summed E-state index contributed by atoms with van der Waals surface area (Å²) >= 11 is 0. The van der Waals surface area contributed by atoms with Gasteiger partial charge in [0.25, 0.3) is 5.91 Å². The van der Waals surface area contributed by atoms with Crippen LogP contribution in [0.1, 0.15) is 6.42 Å². The molecule has 136 valence electrons. The van der Waals surface area contributed by atoms with Crippen LogP contribution in [0.4, 0.5) is 0 Å². The summed E-state index contributed by atoms with van der Waals surface area (Å²) in [4.78, 5) is 12.0. The maximum atomic E-state index is 12.0. The maximum Gasteiger partial charge on any atom is 0.258 e. The Morgan fingerprint density at radius 1 is 1.27 bits per heavy atom. The number of hydrogen-bond acceptors (Lipinski definition) is 6. The van der Waals surface area contributed by atoms with E-state index in [4.69, 9.17) is 13.6 Å². The molecule has 2 aromatic heterocycles. The summed E-state index contributed by atoms with van der Waals surface area (Å²) in [5.74, 6) is 0.963. The monoisotopic (exact) mass is 375 g/mol. The van der Waals surface area contributed by atoms with Crippen molar-refractivity contribution in [3.8, 4) is 17.1 Å². The van der Waals surface area contributed by atoms with Crippen molar-refractivity contribution in [1.29, 1.82) is 0 Å². The lowest BCUT2D eigenvalue weighted by Crippen LogP contribution is -2.38. The second kappa shape index (κ2) is 6.53. The normalized spacial score (nSPS) is 18.8. The lowest BCUT2D eigenvalue weighted by molar-refractivity contribution is -0.123. The molecule has 0 saturated carbocycles. The van der Waals surface area contributed by atoms with E-state index in [1.807, 2.05) is 6.07 Å². The highest BCUT2D eigenvalue weighted by atomic mass is 32.2. The molecule has 3 aromatic rings. The van der Waals surface area contributed by atoms with Crippen molar-refractivity contribution in [2.45, 2.75) is 12.5 Å². The average Bonchev–Trinajstić information content (AvgIpc) is 3.32. The van der Waals surface area contributed by atoms with Crippen LogP contribution in [0.3, 0.4) is 0 Å². The summed E-state index contributed by atoms with van der Waals surface area (Å²) in [5, 5.41) is 3.51. The smallest absolute Gasteiger partial charge is 0.258 e. The summed E-state index contributed by atoms with van der Waals surface area (Å²) in [6.45, 7) is -0.185. The van der Waals surface area contributed by atoms with Crippen LogP contribution in [0.5, 0.6) is 5.75 Å². The molecule has 8 heteroatoms. The predicted molar refractivity (Wildman–Crippen MR) is 94.6 cm³/mol. The number of carbonyl (C=O) groups is 1. The zero-order valence-electron chi connectivity index (χ0n) is 13.8. The third-order valence-corrected chi connectivity index (χ3v) is 6.07. The lowest BCUT2D eigenvalue weighted by Gasteiger charge is -2.11. The van der Waals surface area contributed by atoms with E-state index in [0.29, 0.717) is 23.5 Å². The van der Waals surface area contributed by atoms with Gasteiger partial charge in [0.1, 0.15) is 23.4 Å². The van der Waals surface area contributed by atoms with Gasteiger partial charge in [-0.3, -0.25) is 4.79 Å². The van der Waals surface area contributed by atoms with Crippen molar-refractivity contribution in [3.05, 3.63) is 42.9 Å². The highest BCUT2D eigenvalue weighted by Gasteiger charge is 2.28. The Morgan fingerprint density at radius 2 is 2.15 bits per heavy atom. The molecule has 0 radical (unpaired) electrons. The number of amides is 1. The summed E-state index contributed by atoms with van der Waals surface area (Å²) < 4.78 is 39.3. The first-order valence-electron chi connectivity index (χ1n) is 8.18. The van der Waals surface area contributed by atoms with Crippen LogP contribution in [0.2, 0.25) is 0 Å². The van der Waals surface area contributed by atoms with Gasteiger partial charge in [0.15, 0.2) is 16.4 Å². The number of benzene rings is 1. The molecule has 4 rings (SSSR count). The van der Waals surface area contributed by atoms with Crippen LogP contribution in [0.25, 0.3) is 22.3 Å². The number of fused-ring (bicyclic) bond motifs is 1. The van der Waals surface area contributed by atoms with Crippen molar-refractivity contribution in [3.63, 3.8) is 0 Å². The van der Waals surface area contributed by atoms with E-state index in [9.17, 15) is 13.2 Å². The molecule has 0 spiro atoms. The second-order valence-electron chi connectivity index (χ2n) is 6.24. The Morgan fingerprint density at radius 3 is 2.88 bits per heavy atom. The van der Waals surface area contributed by atoms with Gasteiger partial charge in [-0.15, -0.1) is 0 Å². The Kier molecular flexibility index (Phi) is 4.20. The van der Waals surface area contributed by atoms with Crippen LogP contribution in [0, 0.1) is 0 Å². The molecule has 1 saturated heterocycles. The highest BCUT2D eigenvalue weighted by molar-refractivity contribution is 7.91. The summed E-state index contributed by atoms with van der Waals surface area (Å²) in [6, 6.07) is 8.55. The van der Waals surface area contributed by atoms with E-state index in [0.717, 1.165) is 10.9 Å². The highest BCUT2D eigenvalue weighted by Crippen LogP contribution is 2.33. The summed E-state index contributed by atoms with van der Waals surface area (Å²) in [6.07, 6.45) is 3.64. The molecule has 1 N–H and O–H groups in total. The number of furan rings is 2. The Balaban J connectivity index is 1.43. The quantitative estimate of drug-likeness (QED) is 0.735. The molecular weight excluding hydrogens is 358 g/mol. The molecule has 1 atom stereocenters. The van der Waals surface area contributed by atoms with Crippen LogP contribution in [0.15, 0.2) is 51.7 Å². The summed E-state index contributed by atoms with van der Waals surface area (Å²) in [5.41, 5.74) is 1.49. The minimum Gasteiger partial charge on any atom is -0.484 e. The van der Waals surface area contributed by atoms with Gasteiger partial charge in [-0.1, -0.05) is 0 Å². The number of nitrogens with one attached hydrogen (secondary N) is 1. The van der Waals surface area contributed by atoms with E-state index in [1.54, 1.807) is 36.8 Å². The number of ether oxygens (including phenoxy) is 1. The molecular formula is C18H17NO6S. The second-order valence-corrected chi connectivity index (χ2v) is 8.47. The molecule has 0 aliphatic carbocycles. The number of rotatable bonds is 5. The fraction of sp³-hybridized carbons (Fsp3) is 0.278. The molecule has 1 aliphatic rings. The number of carbonyl (C=O) groups excluding carboxylic acids is 1. The minimum absolute atomic E-state index is 0.00771. The van der Waals surface area contributed by atoms with Crippen molar-refractivity contribution in [2.24, 2.45) is 0 Å². The van der Waals surface area contributed by atoms with Crippen molar-refractivity contribution < 1.29 is 26.8 Å². The maximum absolute atomic E-state index is 12.0. The molecule has 1 aromatic carbocycles. The van der Waals surface area contributed by atoms with E-state index in [-0.39, 0.29) is 30.1 Å². The Labute approximate surface area is 149 Å². The van der Waals surface area contributed by atoms with Gasteiger partial charge in [-0.2, -0.15) is 0 Å². The standard InChI is InChI=1S/C18H17NO6S/c20-18(19-12-5-7-26(21,22)11-12)10-24-13-3-4-17-14(8-13)15(9-25-17)16-2-1-6-23-16/h1-4,6,8-9,12H,5,7,10-11H2,(H,19,20)/t12-/m1/s1. The molecule has 1 aliphatic heterocycles. The van der Waals surface area contributed by atoms with Gasteiger partial charge in [-0.25, -0.2) is 8.42 Å². The van der Waals surface area contributed by atoms with Crippen LogP contribution >= 0.6 is 0 Å². The van der Waals surface area contributed by atoms with Crippen molar-refractivity contribution >= 4 is 26.7 Å².